The van der Waals surface area contributed by atoms with Crippen molar-refractivity contribution in [3.05, 3.63) is 35.4 Å². The van der Waals surface area contributed by atoms with Gasteiger partial charge in [-0.15, -0.1) is 23.5 Å². The zero-order valence-electron chi connectivity index (χ0n) is 8.54. The summed E-state index contributed by atoms with van der Waals surface area (Å²) in [7, 11) is 0. The smallest absolute Gasteiger partial charge is 0.0474 e. The van der Waals surface area contributed by atoms with Crippen molar-refractivity contribution in [2.24, 2.45) is 0 Å². The number of rotatable bonds is 2. The Morgan fingerprint density at radius 2 is 1.29 bits per heavy atom. The maximum absolute atomic E-state index is 2.37. The highest BCUT2D eigenvalue weighted by Gasteiger charge is 2.48. The zero-order chi connectivity index (χ0) is 9.81. The van der Waals surface area contributed by atoms with E-state index in [4.69, 9.17) is 0 Å². The molecule has 0 spiro atoms. The van der Waals surface area contributed by atoms with Gasteiger partial charge in [0.05, 0.1) is 0 Å². The molecule has 74 valence electrons. The van der Waals surface area contributed by atoms with Crippen LogP contribution in [0.15, 0.2) is 24.3 Å². The quantitative estimate of drug-likeness (QED) is 0.701. The van der Waals surface area contributed by atoms with E-state index in [-0.39, 0.29) is 0 Å². The molecule has 1 aromatic rings. The number of hydrogen-bond acceptors (Lipinski definition) is 2. The van der Waals surface area contributed by atoms with Gasteiger partial charge in [-0.05, 0) is 25.0 Å². The first-order valence-corrected chi connectivity index (χ1v) is 6.99. The van der Waals surface area contributed by atoms with Crippen molar-refractivity contribution in [2.75, 3.05) is 11.5 Å². The second-order valence-corrected chi connectivity index (χ2v) is 7.54. The standard InChI is InChI=1S/C12H14S2/c1-11(7-13-11)9-5-3-4-6-10(9)12(2)8-14-12/h3-6H,7-8H2,1-2H3. The zero-order valence-corrected chi connectivity index (χ0v) is 10.2. The van der Waals surface area contributed by atoms with Crippen LogP contribution in [0.1, 0.15) is 25.0 Å². The maximum Gasteiger partial charge on any atom is 0.0474 e. The summed E-state index contributed by atoms with van der Waals surface area (Å²) in [5, 5.41) is 0. The predicted molar refractivity (Wildman–Crippen MR) is 66.1 cm³/mol. The van der Waals surface area contributed by atoms with E-state index in [1.807, 2.05) is 0 Å². The molecule has 2 aliphatic heterocycles. The fourth-order valence-electron chi connectivity index (χ4n) is 1.93. The molecule has 0 saturated carbocycles. The molecular weight excluding hydrogens is 208 g/mol. The molecule has 0 bridgehead atoms. The topological polar surface area (TPSA) is 0 Å². The van der Waals surface area contributed by atoms with Crippen LogP contribution in [-0.2, 0) is 9.49 Å². The summed E-state index contributed by atoms with van der Waals surface area (Å²) in [5.41, 5.74) is 3.16. The molecule has 2 fully saturated rings. The van der Waals surface area contributed by atoms with E-state index in [2.05, 4.69) is 61.6 Å². The normalized spacial score (nSPS) is 39.6. The summed E-state index contributed by atoms with van der Waals surface area (Å²) in [4.78, 5) is 0. The molecule has 2 heterocycles. The largest absolute Gasteiger partial charge is 0.148 e. The SMILES string of the molecule is CC1(c2ccccc2C2(C)CS2)CS1. The van der Waals surface area contributed by atoms with Gasteiger partial charge in [0, 0.05) is 21.0 Å². The van der Waals surface area contributed by atoms with Crippen molar-refractivity contribution in [3.63, 3.8) is 0 Å². The Hall–Kier alpha value is -0.0800. The second-order valence-electron chi connectivity index (χ2n) is 4.58. The van der Waals surface area contributed by atoms with Crippen molar-refractivity contribution >= 4 is 23.5 Å². The lowest BCUT2D eigenvalue weighted by atomic mass is 9.90. The molecule has 2 heteroatoms. The summed E-state index contributed by atoms with van der Waals surface area (Å²) in [5.74, 6) is 2.59. The minimum Gasteiger partial charge on any atom is -0.148 e. The Balaban J connectivity index is 2.10. The Morgan fingerprint density at radius 1 is 0.929 bits per heavy atom. The van der Waals surface area contributed by atoms with Gasteiger partial charge in [-0.3, -0.25) is 0 Å². The van der Waals surface area contributed by atoms with Crippen LogP contribution < -0.4 is 0 Å². The highest BCUT2D eigenvalue weighted by atomic mass is 32.2. The van der Waals surface area contributed by atoms with Gasteiger partial charge in [0.2, 0.25) is 0 Å². The van der Waals surface area contributed by atoms with Gasteiger partial charge in [0.15, 0.2) is 0 Å². The van der Waals surface area contributed by atoms with Crippen LogP contribution in [0.4, 0.5) is 0 Å². The molecule has 0 nitrogen and oxygen atoms in total. The molecule has 0 aromatic heterocycles. The first-order valence-electron chi connectivity index (χ1n) is 5.02. The monoisotopic (exact) mass is 222 g/mol. The van der Waals surface area contributed by atoms with Crippen LogP contribution in [0, 0.1) is 0 Å². The minimum atomic E-state index is 0.433. The maximum atomic E-state index is 2.37. The van der Waals surface area contributed by atoms with Gasteiger partial charge in [0.25, 0.3) is 0 Å². The average Bonchev–Trinajstić information content (AvgIpc) is 3.08. The van der Waals surface area contributed by atoms with Crippen LogP contribution >= 0.6 is 23.5 Å². The third-order valence-corrected chi connectivity index (χ3v) is 5.97. The van der Waals surface area contributed by atoms with Crippen molar-refractivity contribution in [1.29, 1.82) is 0 Å². The molecule has 2 unspecified atom stereocenters. The van der Waals surface area contributed by atoms with Crippen molar-refractivity contribution in [3.8, 4) is 0 Å². The molecule has 14 heavy (non-hydrogen) atoms. The summed E-state index contributed by atoms with van der Waals surface area (Å²) >= 11 is 4.14. The van der Waals surface area contributed by atoms with Gasteiger partial charge < -0.3 is 0 Å². The summed E-state index contributed by atoms with van der Waals surface area (Å²) < 4.78 is 0.867. The van der Waals surface area contributed by atoms with E-state index in [0.717, 1.165) is 0 Å². The van der Waals surface area contributed by atoms with Gasteiger partial charge in [-0.2, -0.15) is 0 Å². The number of thioether (sulfide) groups is 2. The van der Waals surface area contributed by atoms with E-state index < -0.39 is 0 Å². The second kappa shape index (κ2) is 2.73. The van der Waals surface area contributed by atoms with Crippen LogP contribution in [0.25, 0.3) is 0 Å². The van der Waals surface area contributed by atoms with Crippen LogP contribution in [0.2, 0.25) is 0 Å². The highest BCUT2D eigenvalue weighted by Crippen LogP contribution is 2.60. The first-order chi connectivity index (χ1) is 6.64. The van der Waals surface area contributed by atoms with E-state index in [0.29, 0.717) is 9.49 Å². The Kier molecular flexibility index (Phi) is 1.79. The molecule has 3 rings (SSSR count). The lowest BCUT2D eigenvalue weighted by Crippen LogP contribution is -2.11. The lowest BCUT2D eigenvalue weighted by Gasteiger charge is -2.17. The Labute approximate surface area is 93.9 Å². The van der Waals surface area contributed by atoms with Crippen LogP contribution in [0.3, 0.4) is 0 Å². The Bertz CT molecular complexity index is 339. The molecule has 1 aromatic carbocycles. The van der Waals surface area contributed by atoms with Crippen LogP contribution in [-0.4, -0.2) is 11.5 Å². The summed E-state index contributed by atoms with van der Waals surface area (Å²) in [6.45, 7) is 4.74. The van der Waals surface area contributed by atoms with Crippen molar-refractivity contribution < 1.29 is 0 Å². The molecule has 0 amide bonds. The van der Waals surface area contributed by atoms with E-state index in [1.54, 1.807) is 11.1 Å². The van der Waals surface area contributed by atoms with Crippen LogP contribution in [0.5, 0.6) is 0 Å². The van der Waals surface area contributed by atoms with Gasteiger partial charge >= 0.3 is 0 Å². The highest BCUT2D eigenvalue weighted by molar-refractivity contribution is 8.07. The molecule has 2 saturated heterocycles. The van der Waals surface area contributed by atoms with Crippen molar-refractivity contribution in [2.45, 2.75) is 23.3 Å². The summed E-state index contributed by atoms with van der Waals surface area (Å²) in [6, 6.07) is 9.00. The fourth-order valence-corrected chi connectivity index (χ4v) is 3.34. The summed E-state index contributed by atoms with van der Waals surface area (Å²) in [6.07, 6.45) is 0. The third-order valence-electron chi connectivity index (χ3n) is 3.22. The van der Waals surface area contributed by atoms with E-state index in [1.165, 1.54) is 11.5 Å². The predicted octanol–water partition coefficient (Wildman–Crippen LogP) is 3.61. The fraction of sp³-hybridized carbons (Fsp3) is 0.500. The molecule has 0 aliphatic carbocycles. The first kappa shape index (κ1) is 9.17. The molecule has 0 radical (unpaired) electrons. The van der Waals surface area contributed by atoms with E-state index in [9.17, 15) is 0 Å². The molecule has 2 atom stereocenters. The Morgan fingerprint density at radius 3 is 1.57 bits per heavy atom. The number of hydrogen-bond donors (Lipinski definition) is 0. The molecule has 0 N–H and O–H groups in total. The van der Waals surface area contributed by atoms with Gasteiger partial charge in [-0.25, -0.2) is 0 Å². The third kappa shape index (κ3) is 1.31. The van der Waals surface area contributed by atoms with E-state index >= 15 is 0 Å². The van der Waals surface area contributed by atoms with Gasteiger partial charge in [-0.1, -0.05) is 24.3 Å². The van der Waals surface area contributed by atoms with Gasteiger partial charge in [0.1, 0.15) is 0 Å². The van der Waals surface area contributed by atoms with Crippen molar-refractivity contribution in [1.82, 2.24) is 0 Å². The molecule has 2 aliphatic rings. The molecular formula is C12H14S2. The number of benzene rings is 1. The average molecular weight is 222 g/mol. The lowest BCUT2D eigenvalue weighted by molar-refractivity contribution is 0.805. The minimum absolute atomic E-state index is 0.433.